The smallest absolute Gasteiger partial charge is 0.320 e. The molecular formula is C19H27N3O3. The Labute approximate surface area is 149 Å². The number of benzene rings is 1. The second-order valence-electron chi connectivity index (χ2n) is 6.62. The lowest BCUT2D eigenvalue weighted by molar-refractivity contribution is 0.0376. The molecule has 2 saturated heterocycles. The standard InChI is InChI=1S/C19H27N3O3/c1-2-16-3-5-17(6-4-16)18(23)15-20-7-9-21(10-8-20)19(24)22-11-13-25-14-12-22/h3-6H,2,7-15H2,1H3. The van der Waals surface area contributed by atoms with E-state index in [0.29, 0.717) is 45.9 Å². The number of piperazine rings is 1. The molecule has 0 aromatic heterocycles. The molecule has 0 spiro atoms. The van der Waals surface area contributed by atoms with E-state index in [1.165, 1.54) is 5.56 Å². The molecule has 0 radical (unpaired) electrons. The van der Waals surface area contributed by atoms with Crippen LogP contribution in [-0.2, 0) is 11.2 Å². The van der Waals surface area contributed by atoms with Crippen molar-refractivity contribution in [3.8, 4) is 0 Å². The molecule has 1 aromatic rings. The van der Waals surface area contributed by atoms with E-state index >= 15 is 0 Å². The fraction of sp³-hybridized carbons (Fsp3) is 0.579. The fourth-order valence-corrected chi connectivity index (χ4v) is 3.27. The highest BCUT2D eigenvalue weighted by molar-refractivity contribution is 5.97. The number of urea groups is 1. The van der Waals surface area contributed by atoms with Crippen molar-refractivity contribution in [3.63, 3.8) is 0 Å². The van der Waals surface area contributed by atoms with Crippen LogP contribution < -0.4 is 0 Å². The average molecular weight is 345 g/mol. The Hall–Kier alpha value is -1.92. The zero-order chi connectivity index (χ0) is 17.6. The van der Waals surface area contributed by atoms with Gasteiger partial charge in [-0.1, -0.05) is 31.2 Å². The summed E-state index contributed by atoms with van der Waals surface area (Å²) in [5.41, 5.74) is 2.01. The van der Waals surface area contributed by atoms with E-state index in [2.05, 4.69) is 11.8 Å². The second-order valence-corrected chi connectivity index (χ2v) is 6.62. The number of hydrogen-bond acceptors (Lipinski definition) is 4. The number of nitrogens with zero attached hydrogens (tertiary/aromatic N) is 3. The van der Waals surface area contributed by atoms with E-state index in [1.54, 1.807) is 0 Å². The number of rotatable bonds is 4. The first-order valence-electron chi connectivity index (χ1n) is 9.13. The van der Waals surface area contributed by atoms with Gasteiger partial charge < -0.3 is 14.5 Å². The Morgan fingerprint density at radius 1 is 0.920 bits per heavy atom. The molecule has 2 amide bonds. The molecule has 2 aliphatic rings. The van der Waals surface area contributed by atoms with Crippen LogP contribution >= 0.6 is 0 Å². The van der Waals surface area contributed by atoms with Crippen molar-refractivity contribution in [2.75, 3.05) is 59.0 Å². The van der Waals surface area contributed by atoms with Crippen LogP contribution in [0.2, 0.25) is 0 Å². The Balaban J connectivity index is 1.46. The molecule has 136 valence electrons. The van der Waals surface area contributed by atoms with Gasteiger partial charge in [0.05, 0.1) is 19.8 Å². The summed E-state index contributed by atoms with van der Waals surface area (Å²) in [7, 11) is 0. The van der Waals surface area contributed by atoms with Gasteiger partial charge in [-0.15, -0.1) is 0 Å². The maximum absolute atomic E-state index is 12.5. The van der Waals surface area contributed by atoms with E-state index in [9.17, 15) is 9.59 Å². The Morgan fingerprint density at radius 2 is 1.52 bits per heavy atom. The van der Waals surface area contributed by atoms with Gasteiger partial charge in [-0.05, 0) is 12.0 Å². The maximum Gasteiger partial charge on any atom is 0.320 e. The largest absolute Gasteiger partial charge is 0.378 e. The number of amides is 2. The van der Waals surface area contributed by atoms with E-state index in [-0.39, 0.29) is 11.8 Å². The lowest BCUT2D eigenvalue weighted by atomic mass is 10.1. The summed E-state index contributed by atoms with van der Waals surface area (Å²) in [5, 5.41) is 0. The van der Waals surface area contributed by atoms with Crippen LogP contribution in [0.1, 0.15) is 22.8 Å². The monoisotopic (exact) mass is 345 g/mol. The number of aryl methyl sites for hydroxylation is 1. The van der Waals surface area contributed by atoms with Crippen molar-refractivity contribution < 1.29 is 14.3 Å². The molecule has 6 nitrogen and oxygen atoms in total. The van der Waals surface area contributed by atoms with Crippen LogP contribution in [0.3, 0.4) is 0 Å². The van der Waals surface area contributed by atoms with Gasteiger partial charge in [0.25, 0.3) is 0 Å². The van der Waals surface area contributed by atoms with Crippen molar-refractivity contribution in [2.45, 2.75) is 13.3 Å². The van der Waals surface area contributed by atoms with E-state index in [1.807, 2.05) is 34.1 Å². The van der Waals surface area contributed by atoms with Crippen molar-refractivity contribution in [3.05, 3.63) is 35.4 Å². The van der Waals surface area contributed by atoms with Crippen molar-refractivity contribution in [1.29, 1.82) is 0 Å². The van der Waals surface area contributed by atoms with Gasteiger partial charge in [-0.2, -0.15) is 0 Å². The van der Waals surface area contributed by atoms with Gasteiger partial charge in [0.1, 0.15) is 0 Å². The van der Waals surface area contributed by atoms with Crippen LogP contribution in [0.15, 0.2) is 24.3 Å². The highest BCUT2D eigenvalue weighted by atomic mass is 16.5. The topological polar surface area (TPSA) is 53.1 Å². The Bertz CT molecular complexity index is 588. The van der Waals surface area contributed by atoms with Crippen LogP contribution in [-0.4, -0.2) is 85.5 Å². The fourth-order valence-electron chi connectivity index (χ4n) is 3.27. The van der Waals surface area contributed by atoms with Crippen LogP contribution in [0.5, 0.6) is 0 Å². The number of Topliss-reactive ketones (excluding diaryl/α,β-unsaturated/α-hetero) is 1. The predicted molar refractivity (Wildman–Crippen MR) is 96.0 cm³/mol. The summed E-state index contributed by atoms with van der Waals surface area (Å²) in [4.78, 5) is 30.8. The Morgan fingerprint density at radius 3 is 2.12 bits per heavy atom. The minimum absolute atomic E-state index is 0.101. The highest BCUT2D eigenvalue weighted by Crippen LogP contribution is 2.10. The molecule has 0 aliphatic carbocycles. The number of carbonyl (C=O) groups excluding carboxylic acids is 2. The summed E-state index contributed by atoms with van der Waals surface area (Å²) in [6, 6.07) is 7.97. The molecule has 25 heavy (non-hydrogen) atoms. The summed E-state index contributed by atoms with van der Waals surface area (Å²) in [6.45, 7) is 7.96. The number of ketones is 1. The lowest BCUT2D eigenvalue weighted by Gasteiger charge is -2.38. The van der Waals surface area contributed by atoms with Crippen LogP contribution in [0, 0.1) is 0 Å². The molecule has 0 saturated carbocycles. The first-order chi connectivity index (χ1) is 12.2. The quantitative estimate of drug-likeness (QED) is 0.776. The number of hydrogen-bond donors (Lipinski definition) is 0. The molecule has 0 bridgehead atoms. The SMILES string of the molecule is CCc1ccc(C(=O)CN2CCN(C(=O)N3CCOCC3)CC2)cc1. The minimum Gasteiger partial charge on any atom is -0.378 e. The molecule has 6 heteroatoms. The van der Waals surface area contributed by atoms with Gasteiger partial charge in [0, 0.05) is 44.8 Å². The van der Waals surface area contributed by atoms with Gasteiger partial charge >= 0.3 is 6.03 Å². The minimum atomic E-state index is 0.101. The first-order valence-corrected chi connectivity index (χ1v) is 9.13. The van der Waals surface area contributed by atoms with Gasteiger partial charge in [-0.25, -0.2) is 4.79 Å². The van der Waals surface area contributed by atoms with Gasteiger partial charge in [0.2, 0.25) is 0 Å². The summed E-state index contributed by atoms with van der Waals surface area (Å²) >= 11 is 0. The highest BCUT2D eigenvalue weighted by Gasteiger charge is 2.27. The number of morpholine rings is 1. The van der Waals surface area contributed by atoms with E-state index in [4.69, 9.17) is 4.74 Å². The Kier molecular flexibility index (Phi) is 6.04. The van der Waals surface area contributed by atoms with Gasteiger partial charge in [-0.3, -0.25) is 9.69 Å². The summed E-state index contributed by atoms with van der Waals surface area (Å²) in [6.07, 6.45) is 0.980. The van der Waals surface area contributed by atoms with Crippen molar-refractivity contribution in [2.24, 2.45) is 0 Å². The molecule has 0 unspecified atom stereocenters. The molecule has 3 rings (SSSR count). The third kappa shape index (κ3) is 4.58. The predicted octanol–water partition coefficient (Wildman–Crippen LogP) is 1.50. The average Bonchev–Trinajstić information content (AvgIpc) is 2.68. The van der Waals surface area contributed by atoms with Crippen molar-refractivity contribution >= 4 is 11.8 Å². The van der Waals surface area contributed by atoms with E-state index < -0.39 is 0 Å². The zero-order valence-electron chi connectivity index (χ0n) is 14.9. The molecule has 2 aliphatic heterocycles. The zero-order valence-corrected chi connectivity index (χ0v) is 14.9. The van der Waals surface area contributed by atoms with Crippen LogP contribution in [0.4, 0.5) is 4.79 Å². The number of ether oxygens (including phenoxy) is 1. The molecular weight excluding hydrogens is 318 g/mol. The maximum atomic E-state index is 12.5. The summed E-state index contributed by atoms with van der Waals surface area (Å²) in [5.74, 6) is 0.149. The molecule has 2 fully saturated rings. The lowest BCUT2D eigenvalue weighted by Crippen LogP contribution is -2.55. The first kappa shape index (κ1) is 17.9. The molecule has 0 atom stereocenters. The third-order valence-electron chi connectivity index (χ3n) is 4.98. The number of carbonyl (C=O) groups is 2. The third-order valence-corrected chi connectivity index (χ3v) is 4.98. The summed E-state index contributed by atoms with van der Waals surface area (Å²) < 4.78 is 5.30. The van der Waals surface area contributed by atoms with Crippen LogP contribution in [0.25, 0.3) is 0 Å². The normalized spacial score (nSPS) is 19.1. The second kappa shape index (κ2) is 8.45. The van der Waals surface area contributed by atoms with E-state index in [0.717, 1.165) is 25.1 Å². The van der Waals surface area contributed by atoms with Crippen molar-refractivity contribution in [1.82, 2.24) is 14.7 Å². The molecule has 1 aromatic carbocycles. The van der Waals surface area contributed by atoms with Gasteiger partial charge in [0.15, 0.2) is 5.78 Å². The molecule has 0 N–H and O–H groups in total. The molecule has 2 heterocycles.